The Kier molecular flexibility index (Phi) is 5.17. The van der Waals surface area contributed by atoms with Crippen LogP contribution < -0.4 is 5.32 Å². The predicted molar refractivity (Wildman–Crippen MR) is 84.4 cm³/mol. The van der Waals surface area contributed by atoms with Gasteiger partial charge in [-0.05, 0) is 43.4 Å². The minimum atomic E-state index is -3.84. The second kappa shape index (κ2) is 6.55. The SMILES string of the molecule is Cc1cc(S(=O)(=O)Cl)cc(Cl)c1NC(=O)CC1CCCC1. The molecule has 0 unspecified atom stereocenters. The Bertz CT molecular complexity index is 629. The van der Waals surface area contributed by atoms with Crippen LogP contribution in [0.1, 0.15) is 37.7 Å². The second-order valence-corrected chi connectivity index (χ2v) is 8.41. The van der Waals surface area contributed by atoms with Gasteiger partial charge in [-0.15, -0.1) is 0 Å². The summed E-state index contributed by atoms with van der Waals surface area (Å²) in [6.07, 6.45) is 5.01. The van der Waals surface area contributed by atoms with Crippen molar-refractivity contribution in [2.45, 2.75) is 43.9 Å². The van der Waals surface area contributed by atoms with Gasteiger partial charge in [-0.3, -0.25) is 4.79 Å². The van der Waals surface area contributed by atoms with Crippen molar-refractivity contribution in [2.75, 3.05) is 5.32 Å². The summed E-state index contributed by atoms with van der Waals surface area (Å²) in [6, 6.07) is 2.65. The van der Waals surface area contributed by atoms with E-state index in [1.165, 1.54) is 25.0 Å². The normalized spacial score (nSPS) is 16.1. The molecule has 1 amide bonds. The van der Waals surface area contributed by atoms with Gasteiger partial charge < -0.3 is 5.32 Å². The van der Waals surface area contributed by atoms with E-state index in [-0.39, 0.29) is 15.8 Å². The molecule has 4 nitrogen and oxygen atoms in total. The fourth-order valence-corrected chi connectivity index (χ4v) is 3.90. The van der Waals surface area contributed by atoms with Crippen molar-refractivity contribution in [3.05, 3.63) is 22.7 Å². The molecule has 0 spiro atoms. The fourth-order valence-electron chi connectivity index (χ4n) is 2.68. The molecule has 1 saturated carbocycles. The number of aryl methyl sites for hydroxylation is 1. The number of benzene rings is 1. The monoisotopic (exact) mass is 349 g/mol. The first-order chi connectivity index (χ1) is 9.77. The number of amides is 1. The van der Waals surface area contributed by atoms with Gasteiger partial charge in [-0.25, -0.2) is 8.42 Å². The molecule has 21 heavy (non-hydrogen) atoms. The summed E-state index contributed by atoms with van der Waals surface area (Å²) in [6.45, 7) is 1.68. The van der Waals surface area contributed by atoms with Crippen molar-refractivity contribution in [3.63, 3.8) is 0 Å². The van der Waals surface area contributed by atoms with Crippen molar-refractivity contribution < 1.29 is 13.2 Å². The highest BCUT2D eigenvalue weighted by atomic mass is 35.7. The lowest BCUT2D eigenvalue weighted by molar-refractivity contribution is -0.117. The molecule has 1 aliphatic rings. The average molecular weight is 350 g/mol. The Labute approximate surface area is 134 Å². The van der Waals surface area contributed by atoms with Gasteiger partial charge >= 0.3 is 0 Å². The van der Waals surface area contributed by atoms with Crippen molar-refractivity contribution in [1.82, 2.24) is 0 Å². The van der Waals surface area contributed by atoms with E-state index < -0.39 is 9.05 Å². The Morgan fingerprint density at radius 2 is 1.95 bits per heavy atom. The largest absolute Gasteiger partial charge is 0.325 e. The molecule has 0 atom stereocenters. The molecule has 0 aliphatic heterocycles. The van der Waals surface area contributed by atoms with Gasteiger partial charge in [0.05, 0.1) is 15.6 Å². The molecule has 0 bridgehead atoms. The Balaban J connectivity index is 2.14. The third-order valence-electron chi connectivity index (χ3n) is 3.76. The van der Waals surface area contributed by atoms with Gasteiger partial charge in [0.15, 0.2) is 0 Å². The number of rotatable bonds is 4. The van der Waals surface area contributed by atoms with Gasteiger partial charge in [0.25, 0.3) is 9.05 Å². The summed E-state index contributed by atoms with van der Waals surface area (Å²) < 4.78 is 22.6. The van der Waals surface area contributed by atoms with Gasteiger partial charge in [-0.2, -0.15) is 0 Å². The molecule has 7 heteroatoms. The first-order valence-corrected chi connectivity index (χ1v) is 9.51. The number of hydrogen-bond donors (Lipinski definition) is 1. The fraction of sp³-hybridized carbons (Fsp3) is 0.500. The van der Waals surface area contributed by atoms with Crippen LogP contribution in [0.5, 0.6) is 0 Å². The van der Waals surface area contributed by atoms with E-state index in [9.17, 15) is 13.2 Å². The van der Waals surface area contributed by atoms with E-state index in [1.54, 1.807) is 6.92 Å². The van der Waals surface area contributed by atoms with Crippen molar-refractivity contribution in [3.8, 4) is 0 Å². The standard InChI is InChI=1S/C14H17Cl2NO3S/c1-9-6-11(21(16,19)20)8-12(15)14(9)17-13(18)7-10-4-2-3-5-10/h6,8,10H,2-5,7H2,1H3,(H,17,18). The van der Waals surface area contributed by atoms with Crippen LogP contribution in [0.15, 0.2) is 17.0 Å². The minimum Gasteiger partial charge on any atom is -0.325 e. The molecule has 1 N–H and O–H groups in total. The lowest BCUT2D eigenvalue weighted by Crippen LogP contribution is -2.16. The smallest absolute Gasteiger partial charge is 0.261 e. The van der Waals surface area contributed by atoms with Crippen LogP contribution >= 0.6 is 22.3 Å². The summed E-state index contributed by atoms with van der Waals surface area (Å²) in [5.41, 5.74) is 1.02. The molecule has 1 aromatic carbocycles. The third-order valence-corrected chi connectivity index (χ3v) is 5.39. The molecule has 116 valence electrons. The molecule has 0 heterocycles. The minimum absolute atomic E-state index is 0.0690. The highest BCUT2D eigenvalue weighted by Crippen LogP contribution is 2.32. The zero-order valence-corrected chi connectivity index (χ0v) is 14.0. The summed E-state index contributed by atoms with van der Waals surface area (Å²) in [4.78, 5) is 12.0. The van der Waals surface area contributed by atoms with Gasteiger partial charge in [0.2, 0.25) is 5.91 Å². The van der Waals surface area contributed by atoms with E-state index in [0.29, 0.717) is 23.6 Å². The first-order valence-electron chi connectivity index (χ1n) is 6.82. The van der Waals surface area contributed by atoms with Crippen LogP contribution in [-0.2, 0) is 13.8 Å². The number of anilines is 1. The van der Waals surface area contributed by atoms with E-state index in [4.69, 9.17) is 22.3 Å². The number of halogens is 2. The maximum atomic E-state index is 12.0. The molecule has 1 aromatic rings. The number of carbonyl (C=O) groups is 1. The molecule has 0 aromatic heterocycles. The molecule has 0 radical (unpaired) electrons. The maximum Gasteiger partial charge on any atom is 0.261 e. The van der Waals surface area contributed by atoms with Crippen molar-refractivity contribution in [1.29, 1.82) is 0 Å². The summed E-state index contributed by atoms with van der Waals surface area (Å²) in [5.74, 6) is 0.347. The Morgan fingerprint density at radius 3 is 2.48 bits per heavy atom. The van der Waals surface area contributed by atoms with E-state index in [0.717, 1.165) is 12.8 Å². The van der Waals surface area contributed by atoms with Gasteiger partial charge in [0.1, 0.15) is 0 Å². The molecule has 2 rings (SSSR count). The molecule has 1 aliphatic carbocycles. The summed E-state index contributed by atoms with van der Waals surface area (Å²) in [7, 11) is 1.46. The van der Waals surface area contributed by atoms with Crippen LogP contribution in [0.25, 0.3) is 0 Å². The number of hydrogen-bond acceptors (Lipinski definition) is 3. The molecular weight excluding hydrogens is 333 g/mol. The van der Waals surface area contributed by atoms with Crippen molar-refractivity contribution in [2.24, 2.45) is 5.92 Å². The maximum absolute atomic E-state index is 12.0. The molecular formula is C14H17Cl2NO3S. The highest BCUT2D eigenvalue weighted by molar-refractivity contribution is 8.13. The quantitative estimate of drug-likeness (QED) is 0.832. The second-order valence-electron chi connectivity index (χ2n) is 5.44. The topological polar surface area (TPSA) is 63.2 Å². The van der Waals surface area contributed by atoms with Gasteiger partial charge in [0, 0.05) is 17.1 Å². The predicted octanol–water partition coefficient (Wildman–Crippen LogP) is 4.09. The number of nitrogens with one attached hydrogen (secondary N) is 1. The Hall–Kier alpha value is -0.780. The van der Waals surface area contributed by atoms with E-state index >= 15 is 0 Å². The molecule has 0 saturated heterocycles. The number of carbonyl (C=O) groups excluding carboxylic acids is 1. The highest BCUT2D eigenvalue weighted by Gasteiger charge is 2.20. The summed E-state index contributed by atoms with van der Waals surface area (Å²) >= 11 is 6.06. The summed E-state index contributed by atoms with van der Waals surface area (Å²) in [5, 5.41) is 2.95. The zero-order chi connectivity index (χ0) is 15.6. The lowest BCUT2D eigenvalue weighted by Gasteiger charge is -2.13. The third kappa shape index (κ3) is 4.34. The van der Waals surface area contributed by atoms with E-state index in [1.807, 2.05) is 0 Å². The Morgan fingerprint density at radius 1 is 1.33 bits per heavy atom. The molecule has 1 fully saturated rings. The van der Waals surface area contributed by atoms with Crippen LogP contribution in [0, 0.1) is 12.8 Å². The van der Waals surface area contributed by atoms with Crippen LogP contribution in [0.4, 0.5) is 5.69 Å². The lowest BCUT2D eigenvalue weighted by atomic mass is 10.0. The van der Waals surface area contributed by atoms with Crippen LogP contribution in [0.2, 0.25) is 5.02 Å². The first kappa shape index (κ1) is 16.6. The van der Waals surface area contributed by atoms with Crippen molar-refractivity contribution >= 4 is 42.9 Å². The van der Waals surface area contributed by atoms with Crippen LogP contribution in [0.3, 0.4) is 0 Å². The zero-order valence-electron chi connectivity index (χ0n) is 11.7. The van der Waals surface area contributed by atoms with E-state index in [2.05, 4.69) is 5.32 Å². The van der Waals surface area contributed by atoms with Crippen LogP contribution in [-0.4, -0.2) is 14.3 Å². The average Bonchev–Trinajstić information content (AvgIpc) is 2.85. The van der Waals surface area contributed by atoms with Gasteiger partial charge in [-0.1, -0.05) is 24.4 Å².